The van der Waals surface area contributed by atoms with E-state index in [1.54, 1.807) is 0 Å². The lowest BCUT2D eigenvalue weighted by atomic mass is 10.1. The third-order valence-electron chi connectivity index (χ3n) is 3.15. The maximum Gasteiger partial charge on any atom is 0.119 e. The first-order valence-electron chi connectivity index (χ1n) is 6.45. The average Bonchev–Trinajstić information content (AvgIpc) is 2.38. The Kier molecular flexibility index (Phi) is 5.14. The Morgan fingerprint density at radius 2 is 1.76 bits per heavy atom. The average molecular weight is 254 g/mol. The highest BCUT2D eigenvalue weighted by Crippen LogP contribution is 2.15. The maximum absolute atomic E-state index is 5.81. The standard InChI is InChI=1S/C14H20ClNO/c15-13-5-7-14(8-6-13)17-12-4-11-16-9-2-1-3-10-16/h5-8H,1-4,9-12H2. The summed E-state index contributed by atoms with van der Waals surface area (Å²) in [5.41, 5.74) is 0. The fourth-order valence-electron chi connectivity index (χ4n) is 2.19. The van der Waals surface area contributed by atoms with E-state index in [-0.39, 0.29) is 0 Å². The first-order valence-corrected chi connectivity index (χ1v) is 6.83. The van der Waals surface area contributed by atoms with Gasteiger partial charge in [-0.05, 0) is 56.6 Å². The molecule has 0 N–H and O–H groups in total. The van der Waals surface area contributed by atoms with Crippen LogP contribution in [0.15, 0.2) is 24.3 Å². The smallest absolute Gasteiger partial charge is 0.119 e. The summed E-state index contributed by atoms with van der Waals surface area (Å²) in [5.74, 6) is 0.910. The van der Waals surface area contributed by atoms with Crippen molar-refractivity contribution in [1.82, 2.24) is 4.90 Å². The van der Waals surface area contributed by atoms with Crippen LogP contribution < -0.4 is 4.74 Å². The molecule has 1 fully saturated rings. The number of piperidine rings is 1. The second-order valence-corrected chi connectivity index (χ2v) is 4.99. The summed E-state index contributed by atoms with van der Waals surface area (Å²) >= 11 is 5.81. The van der Waals surface area contributed by atoms with Gasteiger partial charge in [-0.2, -0.15) is 0 Å². The molecule has 0 bridgehead atoms. The fraction of sp³-hybridized carbons (Fsp3) is 0.571. The number of rotatable bonds is 5. The number of ether oxygens (including phenoxy) is 1. The predicted molar refractivity (Wildman–Crippen MR) is 71.9 cm³/mol. The summed E-state index contributed by atoms with van der Waals surface area (Å²) in [6, 6.07) is 7.56. The second kappa shape index (κ2) is 6.87. The summed E-state index contributed by atoms with van der Waals surface area (Å²) in [6.45, 7) is 4.48. The number of likely N-dealkylation sites (tertiary alicyclic amines) is 1. The van der Waals surface area contributed by atoms with E-state index < -0.39 is 0 Å². The lowest BCUT2D eigenvalue weighted by Gasteiger charge is -2.26. The first kappa shape index (κ1) is 12.7. The van der Waals surface area contributed by atoms with E-state index in [9.17, 15) is 0 Å². The van der Waals surface area contributed by atoms with Gasteiger partial charge in [-0.1, -0.05) is 18.0 Å². The van der Waals surface area contributed by atoms with E-state index in [0.717, 1.165) is 30.3 Å². The van der Waals surface area contributed by atoms with Crippen LogP contribution in [0.4, 0.5) is 0 Å². The molecule has 0 amide bonds. The van der Waals surface area contributed by atoms with Crippen molar-refractivity contribution in [3.63, 3.8) is 0 Å². The molecule has 0 unspecified atom stereocenters. The molecule has 0 aliphatic carbocycles. The molecule has 1 aliphatic rings. The molecule has 2 rings (SSSR count). The van der Waals surface area contributed by atoms with E-state index in [4.69, 9.17) is 16.3 Å². The monoisotopic (exact) mass is 253 g/mol. The van der Waals surface area contributed by atoms with Crippen LogP contribution in [-0.2, 0) is 0 Å². The molecule has 1 heterocycles. The molecule has 0 aromatic heterocycles. The van der Waals surface area contributed by atoms with Crippen molar-refractivity contribution in [2.75, 3.05) is 26.2 Å². The van der Waals surface area contributed by atoms with Gasteiger partial charge in [0.15, 0.2) is 0 Å². The molecule has 0 saturated carbocycles. The van der Waals surface area contributed by atoms with E-state index >= 15 is 0 Å². The van der Waals surface area contributed by atoms with Crippen molar-refractivity contribution >= 4 is 11.6 Å². The minimum absolute atomic E-state index is 0.755. The first-order chi connectivity index (χ1) is 8.34. The molecule has 94 valence electrons. The predicted octanol–water partition coefficient (Wildman–Crippen LogP) is 3.59. The van der Waals surface area contributed by atoms with E-state index in [1.807, 2.05) is 24.3 Å². The van der Waals surface area contributed by atoms with Gasteiger partial charge in [0.1, 0.15) is 5.75 Å². The highest BCUT2D eigenvalue weighted by Gasteiger charge is 2.08. The Morgan fingerprint density at radius 1 is 1.06 bits per heavy atom. The lowest BCUT2D eigenvalue weighted by Crippen LogP contribution is -2.31. The molecule has 1 aromatic carbocycles. The van der Waals surface area contributed by atoms with E-state index in [2.05, 4.69) is 4.90 Å². The maximum atomic E-state index is 5.81. The van der Waals surface area contributed by atoms with E-state index in [0.29, 0.717) is 0 Å². The third-order valence-corrected chi connectivity index (χ3v) is 3.40. The van der Waals surface area contributed by atoms with Gasteiger partial charge in [0.2, 0.25) is 0 Å². The van der Waals surface area contributed by atoms with E-state index in [1.165, 1.54) is 32.4 Å². The zero-order valence-electron chi connectivity index (χ0n) is 10.2. The number of benzene rings is 1. The van der Waals surface area contributed by atoms with Crippen LogP contribution in [-0.4, -0.2) is 31.1 Å². The molecule has 0 spiro atoms. The van der Waals surface area contributed by atoms with Gasteiger partial charge in [-0.3, -0.25) is 0 Å². The van der Waals surface area contributed by atoms with Crippen molar-refractivity contribution in [3.05, 3.63) is 29.3 Å². The summed E-state index contributed by atoms with van der Waals surface area (Å²) in [6.07, 6.45) is 5.22. The minimum atomic E-state index is 0.755. The SMILES string of the molecule is Clc1ccc(OCCCN2CCCCC2)cc1. The highest BCUT2D eigenvalue weighted by molar-refractivity contribution is 6.30. The van der Waals surface area contributed by atoms with Gasteiger partial charge in [-0.15, -0.1) is 0 Å². The largest absolute Gasteiger partial charge is 0.494 e. The minimum Gasteiger partial charge on any atom is -0.494 e. The van der Waals surface area contributed by atoms with Crippen LogP contribution in [0.25, 0.3) is 0 Å². The van der Waals surface area contributed by atoms with Gasteiger partial charge in [0.05, 0.1) is 6.61 Å². The molecule has 1 saturated heterocycles. The topological polar surface area (TPSA) is 12.5 Å². The number of halogens is 1. The molecule has 17 heavy (non-hydrogen) atoms. The van der Waals surface area contributed by atoms with Crippen molar-refractivity contribution in [3.8, 4) is 5.75 Å². The Balaban J connectivity index is 1.60. The van der Waals surface area contributed by atoms with Crippen LogP contribution in [0.1, 0.15) is 25.7 Å². The number of hydrogen-bond acceptors (Lipinski definition) is 2. The Morgan fingerprint density at radius 3 is 2.47 bits per heavy atom. The number of nitrogens with zero attached hydrogens (tertiary/aromatic N) is 1. The summed E-state index contributed by atoms with van der Waals surface area (Å²) < 4.78 is 5.67. The normalized spacial score (nSPS) is 17.0. The van der Waals surface area contributed by atoms with Crippen molar-refractivity contribution in [1.29, 1.82) is 0 Å². The zero-order chi connectivity index (χ0) is 11.9. The molecule has 1 aliphatic heterocycles. The molecule has 2 nitrogen and oxygen atoms in total. The van der Waals surface area contributed by atoms with Gasteiger partial charge >= 0.3 is 0 Å². The van der Waals surface area contributed by atoms with Crippen LogP contribution in [0, 0.1) is 0 Å². The van der Waals surface area contributed by atoms with Crippen LogP contribution in [0.2, 0.25) is 5.02 Å². The fourth-order valence-corrected chi connectivity index (χ4v) is 2.32. The molecule has 1 aromatic rings. The van der Waals surface area contributed by atoms with Crippen LogP contribution in [0.3, 0.4) is 0 Å². The van der Waals surface area contributed by atoms with Gasteiger partial charge < -0.3 is 9.64 Å². The zero-order valence-corrected chi connectivity index (χ0v) is 11.0. The summed E-state index contributed by atoms with van der Waals surface area (Å²) in [4.78, 5) is 2.54. The third kappa shape index (κ3) is 4.57. The molecule has 3 heteroatoms. The summed E-state index contributed by atoms with van der Waals surface area (Å²) in [7, 11) is 0. The lowest BCUT2D eigenvalue weighted by molar-refractivity contribution is 0.205. The Bertz CT molecular complexity index is 319. The van der Waals surface area contributed by atoms with Crippen LogP contribution >= 0.6 is 11.6 Å². The molecular weight excluding hydrogens is 234 g/mol. The van der Waals surface area contributed by atoms with Crippen molar-refractivity contribution in [2.45, 2.75) is 25.7 Å². The summed E-state index contributed by atoms with van der Waals surface area (Å²) in [5, 5.41) is 0.755. The Hall–Kier alpha value is -0.730. The van der Waals surface area contributed by atoms with Crippen molar-refractivity contribution < 1.29 is 4.74 Å². The molecule has 0 atom stereocenters. The van der Waals surface area contributed by atoms with Gasteiger partial charge in [0, 0.05) is 11.6 Å². The number of hydrogen-bond donors (Lipinski definition) is 0. The quantitative estimate of drug-likeness (QED) is 0.744. The molecular formula is C14H20ClNO. The van der Waals surface area contributed by atoms with Crippen LogP contribution in [0.5, 0.6) is 5.75 Å². The Labute approximate surface area is 109 Å². The van der Waals surface area contributed by atoms with Gasteiger partial charge in [0.25, 0.3) is 0 Å². The van der Waals surface area contributed by atoms with Gasteiger partial charge in [-0.25, -0.2) is 0 Å². The highest BCUT2D eigenvalue weighted by atomic mass is 35.5. The second-order valence-electron chi connectivity index (χ2n) is 4.56. The van der Waals surface area contributed by atoms with Crippen molar-refractivity contribution in [2.24, 2.45) is 0 Å². The molecule has 0 radical (unpaired) electrons.